The van der Waals surface area contributed by atoms with Gasteiger partial charge in [0.25, 0.3) is 0 Å². The number of para-hydroxylation sites is 1. The van der Waals surface area contributed by atoms with E-state index in [-0.39, 0.29) is 0 Å². The van der Waals surface area contributed by atoms with E-state index in [4.69, 9.17) is 14.2 Å². The zero-order chi connectivity index (χ0) is 26.2. The van der Waals surface area contributed by atoms with Crippen molar-refractivity contribution in [1.82, 2.24) is 0 Å². The van der Waals surface area contributed by atoms with Crippen LogP contribution in [0.2, 0.25) is 0 Å². The maximum atomic E-state index is 11.9. The van der Waals surface area contributed by atoms with Crippen LogP contribution in [0.4, 0.5) is 17.1 Å². The number of hydrogen-bond acceptors (Lipinski definition) is 6. The zero-order valence-corrected chi connectivity index (χ0v) is 20.3. The van der Waals surface area contributed by atoms with Gasteiger partial charge in [-0.2, -0.15) is 0 Å². The molecule has 0 aromatic heterocycles. The third kappa shape index (κ3) is 6.52. The number of rotatable bonds is 9. The van der Waals surface area contributed by atoms with E-state index in [0.717, 1.165) is 28.9 Å². The lowest BCUT2D eigenvalue weighted by Gasteiger charge is -2.26. The molecule has 0 unspecified atom stereocenters. The molecule has 6 nitrogen and oxygen atoms in total. The van der Waals surface area contributed by atoms with Crippen LogP contribution in [0, 0.1) is 0 Å². The molecule has 0 heterocycles. The fourth-order valence-electron chi connectivity index (χ4n) is 3.41. The molecule has 0 saturated heterocycles. The highest BCUT2D eigenvalue weighted by Gasteiger charge is 2.14. The number of hydrogen-bond donors (Lipinski definition) is 0. The van der Waals surface area contributed by atoms with Crippen LogP contribution >= 0.6 is 0 Å². The van der Waals surface area contributed by atoms with Crippen molar-refractivity contribution in [1.29, 1.82) is 0 Å². The highest BCUT2D eigenvalue weighted by molar-refractivity contribution is 5.89. The molecule has 0 fully saturated rings. The van der Waals surface area contributed by atoms with Gasteiger partial charge >= 0.3 is 11.9 Å². The molecule has 0 spiro atoms. The molecule has 0 amide bonds. The normalized spacial score (nSPS) is 10.2. The van der Waals surface area contributed by atoms with Crippen molar-refractivity contribution >= 4 is 29.0 Å². The first-order chi connectivity index (χ1) is 17.9. The molecule has 37 heavy (non-hydrogen) atoms. The van der Waals surface area contributed by atoms with Gasteiger partial charge in [0.1, 0.15) is 23.0 Å². The van der Waals surface area contributed by atoms with E-state index >= 15 is 0 Å². The average molecular weight is 492 g/mol. The van der Waals surface area contributed by atoms with Crippen LogP contribution in [-0.4, -0.2) is 11.9 Å². The maximum absolute atomic E-state index is 11.9. The summed E-state index contributed by atoms with van der Waals surface area (Å²) in [5, 5.41) is 0. The van der Waals surface area contributed by atoms with Gasteiger partial charge in [0.05, 0.1) is 0 Å². The van der Waals surface area contributed by atoms with Crippen LogP contribution in [0.1, 0.15) is 6.92 Å². The van der Waals surface area contributed by atoms with Gasteiger partial charge in [0.15, 0.2) is 0 Å². The predicted molar refractivity (Wildman–Crippen MR) is 144 cm³/mol. The van der Waals surface area contributed by atoms with E-state index in [2.05, 4.69) is 13.2 Å². The fraction of sp³-hybridized carbons (Fsp3) is 0.0323. The van der Waals surface area contributed by atoms with E-state index in [1.54, 1.807) is 31.2 Å². The highest BCUT2D eigenvalue weighted by Crippen LogP contribution is 2.37. The van der Waals surface area contributed by atoms with Gasteiger partial charge in [-0.1, -0.05) is 31.4 Å². The number of anilines is 3. The molecule has 4 rings (SSSR count). The van der Waals surface area contributed by atoms with Gasteiger partial charge in [-0.05, 0) is 91.9 Å². The Balaban J connectivity index is 1.64. The summed E-state index contributed by atoms with van der Waals surface area (Å²) >= 11 is 0. The Labute approximate surface area is 215 Å². The van der Waals surface area contributed by atoms with Crippen molar-refractivity contribution in [2.24, 2.45) is 0 Å². The lowest BCUT2D eigenvalue weighted by Crippen LogP contribution is -2.11. The number of carbonyl (C=O) groups excluding carboxylic acids is 2. The number of benzene rings is 4. The van der Waals surface area contributed by atoms with Crippen LogP contribution in [0.15, 0.2) is 128 Å². The van der Waals surface area contributed by atoms with Crippen molar-refractivity contribution in [3.05, 3.63) is 128 Å². The van der Waals surface area contributed by atoms with Gasteiger partial charge in [0.2, 0.25) is 0 Å². The van der Waals surface area contributed by atoms with Crippen molar-refractivity contribution in [3.63, 3.8) is 0 Å². The fourth-order valence-corrected chi connectivity index (χ4v) is 3.41. The Hall–Kier alpha value is -5.10. The van der Waals surface area contributed by atoms with Gasteiger partial charge < -0.3 is 19.1 Å². The first-order valence-corrected chi connectivity index (χ1v) is 11.5. The number of nitrogens with zero attached hydrogens (tertiary/aromatic N) is 1. The Morgan fingerprint density at radius 3 is 1.54 bits per heavy atom. The summed E-state index contributed by atoms with van der Waals surface area (Å²) in [5.74, 6) is 1.25. The molecular formula is C31H25NO5. The number of ether oxygens (including phenoxy) is 3. The number of esters is 2. The van der Waals surface area contributed by atoms with E-state index in [0.29, 0.717) is 22.8 Å². The quantitative estimate of drug-likeness (QED) is 0.137. The van der Waals surface area contributed by atoms with Crippen LogP contribution in [0.5, 0.6) is 23.0 Å². The summed E-state index contributed by atoms with van der Waals surface area (Å²) in [6, 6.07) is 31.4. The molecule has 0 atom stereocenters. The van der Waals surface area contributed by atoms with E-state index in [1.165, 1.54) is 0 Å². The summed E-state index contributed by atoms with van der Waals surface area (Å²) in [7, 11) is 0. The topological polar surface area (TPSA) is 65.1 Å². The maximum Gasteiger partial charge on any atom is 0.338 e. The minimum atomic E-state index is -0.529. The molecular weight excluding hydrogens is 466 g/mol. The van der Waals surface area contributed by atoms with Crippen molar-refractivity contribution < 1.29 is 23.8 Å². The van der Waals surface area contributed by atoms with Crippen molar-refractivity contribution in [3.8, 4) is 23.0 Å². The molecule has 0 bridgehead atoms. The smallest absolute Gasteiger partial charge is 0.338 e. The number of carbonyl (C=O) groups is 2. The Morgan fingerprint density at radius 2 is 1.08 bits per heavy atom. The summed E-state index contributed by atoms with van der Waals surface area (Å²) in [4.78, 5) is 25.4. The highest BCUT2D eigenvalue weighted by atomic mass is 16.5. The van der Waals surface area contributed by atoms with Crippen LogP contribution < -0.4 is 19.1 Å². The minimum Gasteiger partial charge on any atom is -0.457 e. The molecule has 184 valence electrons. The Kier molecular flexibility index (Phi) is 7.81. The summed E-state index contributed by atoms with van der Waals surface area (Å²) in [6.07, 6.45) is 1.11. The van der Waals surface area contributed by atoms with Crippen LogP contribution in [-0.2, 0) is 9.59 Å². The van der Waals surface area contributed by atoms with Gasteiger partial charge in [-0.25, -0.2) is 9.59 Å². The minimum absolute atomic E-state index is 0.320. The lowest BCUT2D eigenvalue weighted by atomic mass is 10.2. The second kappa shape index (κ2) is 11.6. The van der Waals surface area contributed by atoms with Crippen molar-refractivity contribution in [2.45, 2.75) is 6.92 Å². The molecule has 0 N–H and O–H groups in total. The Bertz CT molecular complexity index is 1390. The Morgan fingerprint density at radius 1 is 0.649 bits per heavy atom. The second-order valence-corrected chi connectivity index (χ2v) is 8.03. The molecule has 0 aliphatic heterocycles. The summed E-state index contributed by atoms with van der Waals surface area (Å²) in [5.41, 5.74) is 2.83. The first kappa shape index (κ1) is 25.0. The van der Waals surface area contributed by atoms with Crippen LogP contribution in [0.3, 0.4) is 0 Å². The molecule has 4 aromatic carbocycles. The predicted octanol–water partition coefficient (Wildman–Crippen LogP) is 7.52. The molecule has 0 radical (unpaired) electrons. The monoisotopic (exact) mass is 491 g/mol. The SMILES string of the molecule is C=CC(=O)Oc1ccc(N(c2ccc(OC(=O)C(=C)C)cc2)c2ccc(Oc3ccccc3)cc2)cc1. The third-order valence-corrected chi connectivity index (χ3v) is 5.21. The molecule has 4 aromatic rings. The van der Waals surface area contributed by atoms with Crippen molar-refractivity contribution in [2.75, 3.05) is 4.90 Å². The lowest BCUT2D eigenvalue weighted by molar-refractivity contribution is -0.130. The second-order valence-electron chi connectivity index (χ2n) is 8.03. The summed E-state index contributed by atoms with van der Waals surface area (Å²) in [6.45, 7) is 8.63. The molecule has 0 aliphatic carbocycles. The molecule has 6 heteroatoms. The van der Waals surface area contributed by atoms with Crippen LogP contribution in [0.25, 0.3) is 0 Å². The average Bonchev–Trinajstić information content (AvgIpc) is 2.92. The van der Waals surface area contributed by atoms with Gasteiger partial charge in [-0.15, -0.1) is 0 Å². The van der Waals surface area contributed by atoms with Gasteiger partial charge in [-0.3, -0.25) is 0 Å². The van der Waals surface area contributed by atoms with E-state index in [1.807, 2.05) is 83.8 Å². The standard InChI is InChI=1S/C31H25NO5/c1-4-30(33)36-28-18-12-24(13-19-28)32(25-14-20-29(21-15-25)37-31(34)22(2)3)23-10-16-27(17-11-23)35-26-8-6-5-7-9-26/h4-21H,1-2H2,3H3. The largest absolute Gasteiger partial charge is 0.457 e. The summed E-state index contributed by atoms with van der Waals surface area (Å²) < 4.78 is 16.5. The zero-order valence-electron chi connectivity index (χ0n) is 20.3. The first-order valence-electron chi connectivity index (χ1n) is 11.5. The molecule has 0 saturated carbocycles. The van der Waals surface area contributed by atoms with E-state index in [9.17, 15) is 9.59 Å². The molecule has 0 aliphatic rings. The third-order valence-electron chi connectivity index (χ3n) is 5.21. The van der Waals surface area contributed by atoms with E-state index < -0.39 is 11.9 Å². The van der Waals surface area contributed by atoms with Gasteiger partial charge in [0, 0.05) is 28.7 Å².